The fourth-order valence-corrected chi connectivity index (χ4v) is 4.77. The molecule has 1 spiro atoms. The number of aliphatic imine (C=N–C) groups is 1. The fourth-order valence-electron chi connectivity index (χ4n) is 4.77. The molecule has 3 heteroatoms. The van der Waals surface area contributed by atoms with Crippen LogP contribution in [0.15, 0.2) is 53.5 Å². The number of hydrogen-bond acceptors (Lipinski definition) is 3. The van der Waals surface area contributed by atoms with Crippen LogP contribution in [0.1, 0.15) is 26.7 Å². The number of benzene rings is 3. The number of likely N-dealkylation sites (tertiary alicyclic amines) is 1. The minimum Gasteiger partial charge on any atom is -0.464 e. The van der Waals surface area contributed by atoms with Gasteiger partial charge in [-0.15, -0.1) is 0 Å². The first-order valence-corrected chi connectivity index (χ1v) is 9.42. The highest BCUT2D eigenvalue weighted by Crippen LogP contribution is 2.52. The van der Waals surface area contributed by atoms with Gasteiger partial charge < -0.3 is 4.74 Å². The molecule has 0 N–H and O–H groups in total. The maximum atomic E-state index is 6.89. The second kappa shape index (κ2) is 5.31. The van der Waals surface area contributed by atoms with Crippen LogP contribution in [-0.4, -0.2) is 30.4 Å². The van der Waals surface area contributed by atoms with Crippen molar-refractivity contribution in [3.63, 3.8) is 0 Å². The molecule has 0 amide bonds. The molecule has 0 aliphatic carbocycles. The van der Waals surface area contributed by atoms with E-state index >= 15 is 0 Å². The number of hydrogen-bond donors (Lipinski definition) is 0. The summed E-state index contributed by atoms with van der Waals surface area (Å²) >= 11 is 0. The number of piperidine rings is 1. The summed E-state index contributed by atoms with van der Waals surface area (Å²) in [6, 6.07) is 17.0. The highest BCUT2D eigenvalue weighted by Gasteiger charge is 2.53. The molecule has 26 heavy (non-hydrogen) atoms. The van der Waals surface area contributed by atoms with Gasteiger partial charge in [-0.25, -0.2) is 0 Å². The van der Waals surface area contributed by atoms with E-state index in [-0.39, 0.29) is 5.41 Å². The normalized spacial score (nSPS) is 24.7. The fraction of sp³-hybridized carbons (Fsp3) is 0.348. The molecule has 1 saturated heterocycles. The van der Waals surface area contributed by atoms with Gasteiger partial charge in [-0.3, -0.25) is 9.89 Å². The van der Waals surface area contributed by atoms with Crippen LogP contribution in [0.5, 0.6) is 5.75 Å². The van der Waals surface area contributed by atoms with E-state index in [0.717, 1.165) is 35.2 Å². The third-order valence-electron chi connectivity index (χ3n) is 6.32. The lowest BCUT2D eigenvalue weighted by Crippen LogP contribution is -2.65. The predicted molar refractivity (Wildman–Crippen MR) is 109 cm³/mol. The second-order valence-electron chi connectivity index (χ2n) is 8.23. The molecule has 1 unspecified atom stereocenters. The van der Waals surface area contributed by atoms with Crippen molar-refractivity contribution in [1.82, 2.24) is 4.90 Å². The van der Waals surface area contributed by atoms with Crippen molar-refractivity contribution in [2.45, 2.75) is 32.4 Å². The van der Waals surface area contributed by atoms with Crippen molar-refractivity contribution in [2.75, 3.05) is 13.6 Å². The van der Waals surface area contributed by atoms with E-state index in [0.29, 0.717) is 0 Å². The molecule has 5 rings (SSSR count). The van der Waals surface area contributed by atoms with Crippen LogP contribution >= 0.6 is 0 Å². The van der Waals surface area contributed by atoms with E-state index < -0.39 is 5.72 Å². The van der Waals surface area contributed by atoms with E-state index in [4.69, 9.17) is 9.73 Å². The van der Waals surface area contributed by atoms with Crippen LogP contribution in [0.4, 0.5) is 5.69 Å². The lowest BCUT2D eigenvalue weighted by atomic mass is 9.73. The average Bonchev–Trinajstić information content (AvgIpc) is 2.66. The van der Waals surface area contributed by atoms with Crippen molar-refractivity contribution in [3.8, 4) is 5.75 Å². The smallest absolute Gasteiger partial charge is 0.204 e. The first-order valence-electron chi connectivity index (χ1n) is 9.42. The third-order valence-corrected chi connectivity index (χ3v) is 6.32. The van der Waals surface area contributed by atoms with Gasteiger partial charge in [0.25, 0.3) is 0 Å². The zero-order chi connectivity index (χ0) is 17.9. The summed E-state index contributed by atoms with van der Waals surface area (Å²) in [5, 5.41) is 4.76. The van der Waals surface area contributed by atoms with Gasteiger partial charge in [-0.1, -0.05) is 62.4 Å². The molecular weight excluding hydrogens is 320 g/mol. The number of nitrogens with zero attached hydrogens (tertiary/aromatic N) is 2. The summed E-state index contributed by atoms with van der Waals surface area (Å²) in [6.07, 6.45) is 4.37. The van der Waals surface area contributed by atoms with Gasteiger partial charge in [0.1, 0.15) is 5.69 Å². The van der Waals surface area contributed by atoms with Gasteiger partial charge in [0.2, 0.25) is 5.72 Å². The summed E-state index contributed by atoms with van der Waals surface area (Å²) in [5.41, 5.74) is 0.455. The van der Waals surface area contributed by atoms with E-state index in [2.05, 4.69) is 80.5 Å². The molecule has 0 radical (unpaired) electrons. The third kappa shape index (κ3) is 1.95. The van der Waals surface area contributed by atoms with Crippen LogP contribution < -0.4 is 4.74 Å². The second-order valence-corrected chi connectivity index (χ2v) is 8.23. The molecule has 3 nitrogen and oxygen atoms in total. The summed E-state index contributed by atoms with van der Waals surface area (Å²) in [5.74, 6) is 0.920. The Morgan fingerprint density at radius 1 is 0.923 bits per heavy atom. The van der Waals surface area contributed by atoms with Crippen molar-refractivity contribution < 1.29 is 4.74 Å². The number of fused-ring (bicyclic) bond motifs is 6. The maximum Gasteiger partial charge on any atom is 0.204 e. The SMILES string of the molecule is CN1CCCC(C)(C)C12C=Nc1c(c3ccccc3c3ccccc13)O2. The molecule has 0 bridgehead atoms. The molecule has 0 aromatic heterocycles. The first-order chi connectivity index (χ1) is 12.5. The molecule has 3 aromatic carbocycles. The van der Waals surface area contributed by atoms with Gasteiger partial charge in [-0.2, -0.15) is 0 Å². The molecule has 2 aliphatic rings. The van der Waals surface area contributed by atoms with Gasteiger partial charge in [-0.05, 0) is 30.7 Å². The monoisotopic (exact) mass is 344 g/mol. The topological polar surface area (TPSA) is 24.8 Å². The number of rotatable bonds is 0. The van der Waals surface area contributed by atoms with E-state index in [1.165, 1.54) is 17.2 Å². The highest BCUT2D eigenvalue weighted by atomic mass is 16.5. The number of ether oxygens (including phenoxy) is 1. The molecular formula is C23H24N2O. The van der Waals surface area contributed by atoms with Crippen LogP contribution in [0.2, 0.25) is 0 Å². The van der Waals surface area contributed by atoms with Gasteiger partial charge in [0.15, 0.2) is 5.75 Å². The maximum absolute atomic E-state index is 6.89. The Balaban J connectivity index is 1.84. The Bertz CT molecular complexity index is 1050. The molecule has 3 aromatic rings. The van der Waals surface area contributed by atoms with E-state index in [1.807, 2.05) is 0 Å². The highest BCUT2D eigenvalue weighted by molar-refractivity contribution is 6.17. The molecule has 1 fully saturated rings. The Kier molecular flexibility index (Phi) is 3.23. The average molecular weight is 344 g/mol. The quantitative estimate of drug-likeness (QED) is 0.501. The summed E-state index contributed by atoms with van der Waals surface area (Å²) in [7, 11) is 2.15. The molecule has 0 saturated carbocycles. The summed E-state index contributed by atoms with van der Waals surface area (Å²) < 4.78 is 6.89. The Morgan fingerprint density at radius 3 is 2.23 bits per heavy atom. The molecule has 132 valence electrons. The first kappa shape index (κ1) is 15.8. The van der Waals surface area contributed by atoms with Gasteiger partial charge in [0, 0.05) is 22.7 Å². The van der Waals surface area contributed by atoms with Crippen LogP contribution in [0.25, 0.3) is 21.5 Å². The largest absolute Gasteiger partial charge is 0.464 e. The lowest BCUT2D eigenvalue weighted by Gasteiger charge is -2.53. The molecule has 2 heterocycles. The Morgan fingerprint density at radius 2 is 1.54 bits per heavy atom. The van der Waals surface area contributed by atoms with Gasteiger partial charge in [0.05, 0.1) is 6.21 Å². The standard InChI is InChI=1S/C23H24N2O/c1-22(2)13-8-14-25(3)23(22)15-24-20-18-11-6-4-9-16(18)17-10-5-7-12-19(17)21(20)26-23/h4-7,9-12,15H,8,13-14H2,1-3H3. The Labute approximate surface area is 154 Å². The van der Waals surface area contributed by atoms with Gasteiger partial charge >= 0.3 is 0 Å². The predicted octanol–water partition coefficient (Wildman–Crippen LogP) is 5.54. The zero-order valence-corrected chi connectivity index (χ0v) is 15.6. The molecule has 2 aliphatic heterocycles. The van der Waals surface area contributed by atoms with E-state index in [1.54, 1.807) is 0 Å². The van der Waals surface area contributed by atoms with Crippen molar-refractivity contribution in [2.24, 2.45) is 10.4 Å². The zero-order valence-electron chi connectivity index (χ0n) is 15.6. The Hall–Kier alpha value is -2.39. The lowest BCUT2D eigenvalue weighted by molar-refractivity contribution is -0.121. The van der Waals surface area contributed by atoms with Crippen molar-refractivity contribution in [1.29, 1.82) is 0 Å². The summed E-state index contributed by atoms with van der Waals surface area (Å²) in [6.45, 7) is 5.61. The summed E-state index contributed by atoms with van der Waals surface area (Å²) in [4.78, 5) is 7.33. The van der Waals surface area contributed by atoms with E-state index in [9.17, 15) is 0 Å². The minimum atomic E-state index is -0.497. The van der Waals surface area contributed by atoms with Crippen LogP contribution in [-0.2, 0) is 0 Å². The van der Waals surface area contributed by atoms with Crippen LogP contribution in [0, 0.1) is 5.41 Å². The van der Waals surface area contributed by atoms with Crippen LogP contribution in [0.3, 0.4) is 0 Å². The minimum absolute atomic E-state index is 0.00601. The van der Waals surface area contributed by atoms with Crippen molar-refractivity contribution >= 4 is 33.4 Å². The van der Waals surface area contributed by atoms with Crippen molar-refractivity contribution in [3.05, 3.63) is 48.5 Å². The molecule has 1 atom stereocenters.